The number of thiophene rings is 1. The number of carbonyl (C=O) groups is 2. The molecule has 1 aromatic heterocycles. The van der Waals surface area contributed by atoms with Crippen LogP contribution in [-0.4, -0.2) is 31.4 Å². The summed E-state index contributed by atoms with van der Waals surface area (Å²) in [6.45, 7) is -0.0464. The third-order valence-corrected chi connectivity index (χ3v) is 4.93. The Morgan fingerprint density at radius 3 is 2.93 bits per heavy atom. The lowest BCUT2D eigenvalue weighted by Gasteiger charge is -2.05. The average molecular weight is 381 g/mol. The Kier molecular flexibility index (Phi) is 4.71. The fourth-order valence-corrected chi connectivity index (χ4v) is 3.52. The van der Waals surface area contributed by atoms with Gasteiger partial charge in [0.1, 0.15) is 0 Å². The topological polar surface area (TPSA) is 89.0 Å². The van der Waals surface area contributed by atoms with E-state index in [1.54, 1.807) is 35.8 Å². The maximum atomic E-state index is 12.1. The van der Waals surface area contributed by atoms with E-state index in [4.69, 9.17) is 9.47 Å². The van der Waals surface area contributed by atoms with Gasteiger partial charge in [-0.2, -0.15) is 5.10 Å². The molecule has 0 fully saturated rings. The van der Waals surface area contributed by atoms with Crippen LogP contribution in [0.4, 0.5) is 0 Å². The quantitative estimate of drug-likeness (QED) is 0.525. The van der Waals surface area contributed by atoms with E-state index in [2.05, 4.69) is 15.8 Å². The maximum Gasteiger partial charge on any atom is 0.259 e. The number of fused-ring (bicyclic) bond motifs is 2. The molecule has 2 aromatic carbocycles. The van der Waals surface area contributed by atoms with Crippen LogP contribution in [0, 0.1) is 0 Å². The van der Waals surface area contributed by atoms with Gasteiger partial charge in [-0.05, 0) is 24.3 Å². The van der Waals surface area contributed by atoms with Gasteiger partial charge in [0.15, 0.2) is 11.5 Å². The number of hydrazone groups is 1. The van der Waals surface area contributed by atoms with E-state index in [0.29, 0.717) is 17.1 Å². The number of ether oxygens (including phenoxy) is 2. The highest BCUT2D eigenvalue weighted by atomic mass is 32.1. The number of hydrogen-bond donors (Lipinski definition) is 2. The second-order valence-corrected chi connectivity index (χ2v) is 6.64. The van der Waals surface area contributed by atoms with E-state index < -0.39 is 5.91 Å². The van der Waals surface area contributed by atoms with Crippen molar-refractivity contribution in [3.63, 3.8) is 0 Å². The van der Waals surface area contributed by atoms with Crippen molar-refractivity contribution in [2.24, 2.45) is 5.10 Å². The molecule has 1 aliphatic heterocycles. The van der Waals surface area contributed by atoms with Crippen LogP contribution >= 0.6 is 11.3 Å². The van der Waals surface area contributed by atoms with Gasteiger partial charge in [-0.1, -0.05) is 18.2 Å². The van der Waals surface area contributed by atoms with Crippen LogP contribution in [0.3, 0.4) is 0 Å². The number of hydrogen-bond acceptors (Lipinski definition) is 6. The first-order valence-corrected chi connectivity index (χ1v) is 9.04. The van der Waals surface area contributed by atoms with Gasteiger partial charge < -0.3 is 14.8 Å². The van der Waals surface area contributed by atoms with Crippen molar-refractivity contribution in [2.75, 3.05) is 13.3 Å². The summed E-state index contributed by atoms with van der Waals surface area (Å²) in [5.74, 6) is 0.315. The van der Waals surface area contributed by atoms with Crippen LogP contribution in [0.1, 0.15) is 15.9 Å². The average Bonchev–Trinajstić information content (AvgIpc) is 3.32. The van der Waals surface area contributed by atoms with Gasteiger partial charge in [-0.15, -0.1) is 11.3 Å². The third kappa shape index (κ3) is 3.75. The number of nitrogens with zero attached hydrogens (tertiary/aromatic N) is 1. The van der Waals surface area contributed by atoms with Crippen molar-refractivity contribution >= 4 is 39.5 Å². The highest BCUT2D eigenvalue weighted by Gasteiger charge is 2.16. The Labute approximate surface area is 158 Å². The normalized spacial score (nSPS) is 12.4. The Hall–Kier alpha value is -3.39. The lowest BCUT2D eigenvalue weighted by atomic mass is 10.2. The summed E-state index contributed by atoms with van der Waals surface area (Å²) in [5.41, 5.74) is 3.73. The Morgan fingerprint density at radius 1 is 1.15 bits per heavy atom. The predicted molar refractivity (Wildman–Crippen MR) is 102 cm³/mol. The molecule has 2 heterocycles. The second kappa shape index (κ2) is 7.46. The Morgan fingerprint density at radius 2 is 2.00 bits per heavy atom. The molecule has 2 N–H and O–H groups in total. The molecule has 2 amide bonds. The third-order valence-electron chi connectivity index (χ3n) is 3.95. The second-order valence-electron chi connectivity index (χ2n) is 5.73. The summed E-state index contributed by atoms with van der Waals surface area (Å²) < 4.78 is 11.6. The highest BCUT2D eigenvalue weighted by Crippen LogP contribution is 2.32. The van der Waals surface area contributed by atoms with E-state index in [9.17, 15) is 9.59 Å². The summed E-state index contributed by atoms with van der Waals surface area (Å²) in [5, 5.41) is 9.55. The molecule has 0 saturated carbocycles. The standard InChI is InChI=1S/C19H15N3O4S/c23-18(22-21-8-13-10-27-17-4-2-1-3-14(13)17)9-20-19(24)12-5-6-15-16(7-12)26-11-25-15/h1-8,10H,9,11H2,(H,20,24)(H,22,23)/b21-8+. The first-order chi connectivity index (χ1) is 13.2. The summed E-state index contributed by atoms with van der Waals surface area (Å²) in [6, 6.07) is 12.8. The van der Waals surface area contributed by atoms with Gasteiger partial charge in [-0.25, -0.2) is 5.43 Å². The molecule has 4 rings (SSSR count). The predicted octanol–water partition coefficient (Wildman–Crippen LogP) is 2.51. The van der Waals surface area contributed by atoms with Gasteiger partial charge in [0.25, 0.3) is 11.8 Å². The highest BCUT2D eigenvalue weighted by molar-refractivity contribution is 7.17. The molecule has 0 radical (unpaired) electrons. The minimum absolute atomic E-state index is 0.139. The van der Waals surface area contributed by atoms with E-state index in [1.807, 2.05) is 29.6 Å². The number of nitrogens with one attached hydrogen (secondary N) is 2. The number of carbonyl (C=O) groups excluding carboxylic acids is 2. The molecular weight excluding hydrogens is 366 g/mol. The van der Waals surface area contributed by atoms with Crippen molar-refractivity contribution in [2.45, 2.75) is 0 Å². The SMILES string of the molecule is O=C(CNC(=O)c1ccc2c(c1)OCO2)N/N=C/c1csc2ccccc12. The zero-order valence-corrected chi connectivity index (χ0v) is 14.9. The fourth-order valence-electron chi connectivity index (χ4n) is 2.61. The maximum absolute atomic E-state index is 12.1. The minimum Gasteiger partial charge on any atom is -0.454 e. The first-order valence-electron chi connectivity index (χ1n) is 8.17. The van der Waals surface area contributed by atoms with Crippen LogP contribution in [0.15, 0.2) is 52.9 Å². The van der Waals surface area contributed by atoms with Crippen LogP contribution < -0.4 is 20.2 Å². The van der Waals surface area contributed by atoms with E-state index >= 15 is 0 Å². The zero-order chi connectivity index (χ0) is 18.6. The molecular formula is C19H15N3O4S. The van der Waals surface area contributed by atoms with Crippen molar-refractivity contribution in [1.29, 1.82) is 0 Å². The Bertz CT molecular complexity index is 1040. The molecule has 3 aromatic rings. The van der Waals surface area contributed by atoms with E-state index in [0.717, 1.165) is 15.6 Å². The number of benzene rings is 2. The van der Waals surface area contributed by atoms with Gasteiger partial charge >= 0.3 is 0 Å². The van der Waals surface area contributed by atoms with Crippen molar-refractivity contribution in [3.8, 4) is 11.5 Å². The summed E-state index contributed by atoms with van der Waals surface area (Å²) in [7, 11) is 0. The molecule has 0 spiro atoms. The molecule has 0 atom stereocenters. The number of rotatable bonds is 5. The van der Waals surface area contributed by atoms with E-state index in [-0.39, 0.29) is 19.2 Å². The van der Waals surface area contributed by atoms with Crippen molar-refractivity contribution < 1.29 is 19.1 Å². The molecule has 0 bridgehead atoms. The lowest BCUT2D eigenvalue weighted by molar-refractivity contribution is -0.120. The summed E-state index contributed by atoms with van der Waals surface area (Å²) in [6.07, 6.45) is 1.59. The van der Waals surface area contributed by atoms with Crippen LogP contribution in [0.2, 0.25) is 0 Å². The summed E-state index contributed by atoms with van der Waals surface area (Å²) >= 11 is 1.61. The number of amides is 2. The first kappa shape index (κ1) is 17.0. The van der Waals surface area contributed by atoms with Gasteiger partial charge in [0, 0.05) is 26.6 Å². The molecule has 136 valence electrons. The zero-order valence-electron chi connectivity index (χ0n) is 14.1. The molecule has 1 aliphatic rings. The van der Waals surface area contributed by atoms with Crippen LogP contribution in [0.25, 0.3) is 10.1 Å². The van der Waals surface area contributed by atoms with Crippen LogP contribution in [0.5, 0.6) is 11.5 Å². The minimum atomic E-state index is -0.417. The molecule has 7 nitrogen and oxygen atoms in total. The fraction of sp³-hybridized carbons (Fsp3) is 0.105. The molecule has 0 saturated heterocycles. The van der Waals surface area contributed by atoms with Crippen molar-refractivity contribution in [1.82, 2.24) is 10.7 Å². The van der Waals surface area contributed by atoms with Crippen LogP contribution in [-0.2, 0) is 4.79 Å². The molecule has 0 aliphatic carbocycles. The van der Waals surface area contributed by atoms with Gasteiger partial charge in [0.2, 0.25) is 6.79 Å². The summed E-state index contributed by atoms with van der Waals surface area (Å²) in [4.78, 5) is 24.0. The van der Waals surface area contributed by atoms with Gasteiger partial charge in [-0.3, -0.25) is 9.59 Å². The Balaban J connectivity index is 1.30. The molecule has 0 unspecified atom stereocenters. The molecule has 27 heavy (non-hydrogen) atoms. The molecule has 8 heteroatoms. The van der Waals surface area contributed by atoms with Gasteiger partial charge in [0.05, 0.1) is 12.8 Å². The largest absolute Gasteiger partial charge is 0.454 e. The van der Waals surface area contributed by atoms with E-state index in [1.165, 1.54) is 0 Å². The lowest BCUT2D eigenvalue weighted by Crippen LogP contribution is -2.34. The monoisotopic (exact) mass is 381 g/mol. The van der Waals surface area contributed by atoms with Crippen molar-refractivity contribution in [3.05, 3.63) is 59.0 Å². The smallest absolute Gasteiger partial charge is 0.259 e.